The van der Waals surface area contributed by atoms with Gasteiger partial charge in [-0.3, -0.25) is 0 Å². The van der Waals surface area contributed by atoms with Crippen LogP contribution in [0, 0.1) is 0 Å². The summed E-state index contributed by atoms with van der Waals surface area (Å²) in [5.74, 6) is 0. The Morgan fingerprint density at radius 2 is 0.818 bits per heavy atom. The van der Waals surface area contributed by atoms with Gasteiger partial charge in [-0.2, -0.15) is 0 Å². The lowest BCUT2D eigenvalue weighted by molar-refractivity contribution is 0.768. The Kier molecular flexibility index (Phi) is 8.82. The molecule has 1 nitrogen and oxygen atoms in total. The smallest absolute Gasteiger partial charge is 0.0714 e. The molecular weight excluding hydrogens is 795 g/mol. The van der Waals surface area contributed by atoms with E-state index in [1.165, 1.54) is 99.4 Å². The first-order valence-electron chi connectivity index (χ1n) is 22.9. The second-order valence-electron chi connectivity index (χ2n) is 17.6. The largest absolute Gasteiger partial charge is 0.310 e. The minimum atomic E-state index is -0.524. The molecule has 0 bridgehead atoms. The zero-order valence-electron chi connectivity index (χ0n) is 36.3. The van der Waals surface area contributed by atoms with Gasteiger partial charge in [0, 0.05) is 16.8 Å². The molecule has 2 aliphatic rings. The van der Waals surface area contributed by atoms with Gasteiger partial charge in [-0.05, 0) is 137 Å². The fourth-order valence-corrected chi connectivity index (χ4v) is 11.2. The van der Waals surface area contributed by atoms with Crippen molar-refractivity contribution in [3.05, 3.63) is 282 Å². The van der Waals surface area contributed by atoms with Gasteiger partial charge in [-0.1, -0.05) is 218 Å². The molecule has 0 saturated heterocycles. The molecule has 0 N–H and O–H groups in total. The van der Waals surface area contributed by atoms with Gasteiger partial charge in [-0.25, -0.2) is 0 Å². The van der Waals surface area contributed by atoms with Crippen LogP contribution in [0.4, 0.5) is 17.1 Å². The molecular formula is C65H43N. The molecule has 2 aliphatic carbocycles. The van der Waals surface area contributed by atoms with Crippen molar-refractivity contribution in [3.8, 4) is 44.5 Å². The summed E-state index contributed by atoms with van der Waals surface area (Å²) in [6.45, 7) is 0. The predicted molar refractivity (Wildman–Crippen MR) is 279 cm³/mol. The predicted octanol–water partition coefficient (Wildman–Crippen LogP) is 17.3. The monoisotopic (exact) mass is 837 g/mol. The third kappa shape index (κ3) is 5.87. The zero-order chi connectivity index (χ0) is 43.6. The molecule has 308 valence electrons. The van der Waals surface area contributed by atoms with Crippen molar-refractivity contribution < 1.29 is 0 Å². The maximum Gasteiger partial charge on any atom is 0.0714 e. The number of hydrogen-bond acceptors (Lipinski definition) is 1. The molecule has 0 aromatic heterocycles. The Morgan fingerprint density at radius 1 is 0.288 bits per heavy atom. The average Bonchev–Trinajstić information content (AvgIpc) is 3.95. The second kappa shape index (κ2) is 15.3. The maximum absolute atomic E-state index is 2.48. The Morgan fingerprint density at radius 3 is 1.55 bits per heavy atom. The minimum Gasteiger partial charge on any atom is -0.310 e. The molecule has 0 heterocycles. The zero-order valence-corrected chi connectivity index (χ0v) is 36.3. The molecule has 0 saturated carbocycles. The van der Waals surface area contributed by atoms with Crippen LogP contribution in [0.25, 0.3) is 78.2 Å². The van der Waals surface area contributed by atoms with Gasteiger partial charge in [0.05, 0.1) is 11.1 Å². The number of benzene rings is 11. The molecule has 0 spiro atoms. The molecule has 66 heavy (non-hydrogen) atoms. The second-order valence-corrected chi connectivity index (χ2v) is 17.6. The highest BCUT2D eigenvalue weighted by atomic mass is 15.1. The lowest BCUT2D eigenvalue weighted by Gasteiger charge is -2.35. The SMILES string of the molecule is C1=Cc2cc(-c3ccc(N(c4ccc(-c5ccccc5)cc4)c4ccc5c(c4)C(c4ccccc4)(c4ccccc4)c4ccccc4-5)c4ccccc34)cc3c(-c4ccccc4)ccc1c23. The number of anilines is 3. The van der Waals surface area contributed by atoms with Crippen LogP contribution in [0.2, 0.25) is 0 Å². The van der Waals surface area contributed by atoms with Gasteiger partial charge in [0.15, 0.2) is 0 Å². The van der Waals surface area contributed by atoms with E-state index in [0.29, 0.717) is 0 Å². The quantitative estimate of drug-likeness (QED) is 0.147. The first kappa shape index (κ1) is 38.0. The van der Waals surface area contributed by atoms with E-state index in [4.69, 9.17) is 0 Å². The molecule has 1 heteroatoms. The fourth-order valence-electron chi connectivity index (χ4n) is 11.2. The van der Waals surface area contributed by atoms with Crippen LogP contribution < -0.4 is 4.90 Å². The minimum absolute atomic E-state index is 0.524. The highest BCUT2D eigenvalue weighted by Gasteiger charge is 2.46. The average molecular weight is 838 g/mol. The number of nitrogens with zero attached hydrogens (tertiary/aromatic N) is 1. The highest BCUT2D eigenvalue weighted by molar-refractivity contribution is 6.14. The Balaban J connectivity index is 1.04. The molecule has 0 aliphatic heterocycles. The number of fused-ring (bicyclic) bond motifs is 4. The van der Waals surface area contributed by atoms with Crippen molar-refractivity contribution in [1.29, 1.82) is 0 Å². The fraction of sp³-hybridized carbons (Fsp3) is 0.0154. The van der Waals surface area contributed by atoms with Gasteiger partial charge < -0.3 is 4.90 Å². The van der Waals surface area contributed by atoms with E-state index in [-0.39, 0.29) is 0 Å². The van der Waals surface area contributed by atoms with Crippen molar-refractivity contribution >= 4 is 50.8 Å². The van der Waals surface area contributed by atoms with Crippen LogP contribution in [-0.2, 0) is 5.41 Å². The molecule has 11 aromatic rings. The normalized spacial score (nSPS) is 12.9. The van der Waals surface area contributed by atoms with E-state index >= 15 is 0 Å². The van der Waals surface area contributed by atoms with E-state index in [1.54, 1.807) is 0 Å². The van der Waals surface area contributed by atoms with Crippen molar-refractivity contribution in [2.24, 2.45) is 0 Å². The summed E-state index contributed by atoms with van der Waals surface area (Å²) in [6, 6.07) is 91.9. The molecule has 0 atom stereocenters. The van der Waals surface area contributed by atoms with E-state index in [0.717, 1.165) is 17.1 Å². The topological polar surface area (TPSA) is 3.24 Å². The Bertz CT molecular complexity index is 3620. The number of hydrogen-bond donors (Lipinski definition) is 0. The summed E-state index contributed by atoms with van der Waals surface area (Å²) in [6.07, 6.45) is 4.54. The van der Waals surface area contributed by atoms with Gasteiger partial charge >= 0.3 is 0 Å². The molecule has 0 fully saturated rings. The van der Waals surface area contributed by atoms with Crippen molar-refractivity contribution in [3.63, 3.8) is 0 Å². The van der Waals surface area contributed by atoms with E-state index in [2.05, 4.69) is 266 Å². The summed E-state index contributed by atoms with van der Waals surface area (Å²) in [5.41, 5.74) is 20.3. The maximum atomic E-state index is 2.48. The molecule has 0 unspecified atom stereocenters. The van der Waals surface area contributed by atoms with E-state index < -0.39 is 5.41 Å². The van der Waals surface area contributed by atoms with Crippen LogP contribution in [0.3, 0.4) is 0 Å². The van der Waals surface area contributed by atoms with Crippen molar-refractivity contribution in [2.75, 3.05) is 4.90 Å². The van der Waals surface area contributed by atoms with Crippen molar-refractivity contribution in [1.82, 2.24) is 0 Å². The van der Waals surface area contributed by atoms with Gasteiger partial charge in [-0.15, -0.1) is 0 Å². The highest BCUT2D eigenvalue weighted by Crippen LogP contribution is 2.57. The molecule has 0 amide bonds. The lowest BCUT2D eigenvalue weighted by atomic mass is 9.67. The molecule has 13 rings (SSSR count). The standard InChI is InChI=1S/C65H43N/c1-5-17-44(18-6-1)45-31-34-52(35-32-45)66(53-36-38-58-57-26-15-16-28-61(57)65(62(58)43-53,50-21-9-3-10-22-50)51-23-11-4-12-24-51)63-40-39-55(56-25-13-14-27-59(56)63)49-41-48-30-29-47-33-37-54(60(42-49)64(47)48)46-19-7-2-8-20-46/h1-43H. The lowest BCUT2D eigenvalue weighted by Crippen LogP contribution is -2.28. The van der Waals surface area contributed by atoms with Crippen LogP contribution in [-0.4, -0.2) is 0 Å². The van der Waals surface area contributed by atoms with E-state index in [1.807, 2.05) is 0 Å². The van der Waals surface area contributed by atoms with Crippen LogP contribution in [0.5, 0.6) is 0 Å². The van der Waals surface area contributed by atoms with E-state index in [9.17, 15) is 0 Å². The summed E-state index contributed by atoms with van der Waals surface area (Å²) in [4.78, 5) is 2.48. The third-order valence-electron chi connectivity index (χ3n) is 14.1. The van der Waals surface area contributed by atoms with Crippen LogP contribution in [0.1, 0.15) is 33.4 Å². The van der Waals surface area contributed by atoms with Gasteiger partial charge in [0.2, 0.25) is 0 Å². The van der Waals surface area contributed by atoms with Gasteiger partial charge in [0.1, 0.15) is 0 Å². The van der Waals surface area contributed by atoms with Crippen LogP contribution in [0.15, 0.2) is 249 Å². The summed E-state index contributed by atoms with van der Waals surface area (Å²) >= 11 is 0. The molecule has 0 radical (unpaired) electrons. The first-order valence-corrected chi connectivity index (χ1v) is 22.9. The van der Waals surface area contributed by atoms with Crippen LogP contribution >= 0.6 is 0 Å². The Hall–Kier alpha value is -8.52. The summed E-state index contributed by atoms with van der Waals surface area (Å²) in [5, 5.41) is 5.01. The number of rotatable bonds is 8. The van der Waals surface area contributed by atoms with Crippen molar-refractivity contribution in [2.45, 2.75) is 5.41 Å². The van der Waals surface area contributed by atoms with Gasteiger partial charge in [0.25, 0.3) is 0 Å². The summed E-state index contributed by atoms with van der Waals surface area (Å²) < 4.78 is 0. The Labute approximate surface area is 385 Å². The summed E-state index contributed by atoms with van der Waals surface area (Å²) in [7, 11) is 0. The first-order chi connectivity index (χ1) is 32.7. The third-order valence-corrected chi connectivity index (χ3v) is 14.1. The molecule has 11 aromatic carbocycles.